The molecule has 1 aliphatic rings. The van der Waals surface area contributed by atoms with Crippen molar-refractivity contribution < 1.29 is 4.79 Å². The SMILES string of the molecule is C=CCNCC(=O)NCC1(SC)CCCCC1. The highest BCUT2D eigenvalue weighted by atomic mass is 32.2. The van der Waals surface area contributed by atoms with Gasteiger partial charge < -0.3 is 10.6 Å². The smallest absolute Gasteiger partial charge is 0.234 e. The topological polar surface area (TPSA) is 41.1 Å². The van der Waals surface area contributed by atoms with Gasteiger partial charge in [-0.15, -0.1) is 6.58 Å². The zero-order valence-corrected chi connectivity index (χ0v) is 11.6. The third kappa shape index (κ3) is 5.13. The van der Waals surface area contributed by atoms with Gasteiger partial charge in [0.25, 0.3) is 0 Å². The fourth-order valence-electron chi connectivity index (χ4n) is 2.26. The van der Waals surface area contributed by atoms with E-state index in [1.807, 2.05) is 11.8 Å². The van der Waals surface area contributed by atoms with Crippen LogP contribution in [-0.2, 0) is 4.79 Å². The number of thioether (sulfide) groups is 1. The van der Waals surface area contributed by atoms with Gasteiger partial charge in [-0.3, -0.25) is 4.79 Å². The highest BCUT2D eigenvalue weighted by molar-refractivity contribution is 8.00. The van der Waals surface area contributed by atoms with Crippen LogP contribution >= 0.6 is 11.8 Å². The molecule has 0 radical (unpaired) electrons. The summed E-state index contributed by atoms with van der Waals surface area (Å²) >= 11 is 1.91. The first-order valence-corrected chi connectivity index (χ1v) is 7.58. The molecule has 0 aliphatic heterocycles. The Kier molecular flexibility index (Phi) is 6.66. The third-order valence-corrected chi connectivity index (χ3v) is 4.80. The van der Waals surface area contributed by atoms with Crippen LogP contribution in [0.2, 0.25) is 0 Å². The average Bonchev–Trinajstić information content (AvgIpc) is 2.38. The Morgan fingerprint density at radius 2 is 2.12 bits per heavy atom. The van der Waals surface area contributed by atoms with Gasteiger partial charge in [-0.1, -0.05) is 25.3 Å². The summed E-state index contributed by atoms with van der Waals surface area (Å²) in [4.78, 5) is 11.6. The maximum Gasteiger partial charge on any atom is 0.234 e. The van der Waals surface area contributed by atoms with Crippen molar-refractivity contribution in [1.82, 2.24) is 10.6 Å². The minimum Gasteiger partial charge on any atom is -0.354 e. The van der Waals surface area contributed by atoms with Crippen LogP contribution in [0.4, 0.5) is 0 Å². The average molecular weight is 256 g/mol. The van der Waals surface area contributed by atoms with E-state index in [9.17, 15) is 4.79 Å². The maximum absolute atomic E-state index is 11.6. The van der Waals surface area contributed by atoms with Gasteiger partial charge in [0, 0.05) is 17.8 Å². The first kappa shape index (κ1) is 14.6. The zero-order valence-electron chi connectivity index (χ0n) is 10.8. The molecule has 0 unspecified atom stereocenters. The normalized spacial score (nSPS) is 18.6. The highest BCUT2D eigenvalue weighted by Gasteiger charge is 2.31. The van der Waals surface area contributed by atoms with Crippen LogP contribution in [0, 0.1) is 0 Å². The van der Waals surface area contributed by atoms with E-state index in [4.69, 9.17) is 0 Å². The van der Waals surface area contributed by atoms with E-state index in [0.29, 0.717) is 13.1 Å². The molecule has 17 heavy (non-hydrogen) atoms. The summed E-state index contributed by atoms with van der Waals surface area (Å²) in [6, 6.07) is 0. The van der Waals surface area contributed by atoms with Crippen molar-refractivity contribution in [2.45, 2.75) is 36.9 Å². The van der Waals surface area contributed by atoms with Crippen LogP contribution in [0.3, 0.4) is 0 Å². The van der Waals surface area contributed by atoms with Crippen LogP contribution in [0.5, 0.6) is 0 Å². The molecule has 0 atom stereocenters. The molecular formula is C13H24N2OS. The molecule has 2 N–H and O–H groups in total. The fourth-order valence-corrected chi connectivity index (χ4v) is 3.17. The van der Waals surface area contributed by atoms with E-state index in [1.165, 1.54) is 32.1 Å². The lowest BCUT2D eigenvalue weighted by Gasteiger charge is -2.35. The first-order valence-electron chi connectivity index (χ1n) is 6.36. The lowest BCUT2D eigenvalue weighted by molar-refractivity contribution is -0.120. The van der Waals surface area contributed by atoms with Gasteiger partial charge in [-0.05, 0) is 19.1 Å². The van der Waals surface area contributed by atoms with Gasteiger partial charge in [0.05, 0.1) is 6.54 Å². The predicted octanol–water partition coefficient (Wildman–Crippen LogP) is 1.94. The molecule has 1 rings (SSSR count). The standard InChI is InChI=1S/C13H24N2OS/c1-3-9-14-10-12(16)15-11-13(17-2)7-5-4-6-8-13/h3,14H,1,4-11H2,2H3,(H,15,16). The Morgan fingerprint density at radius 1 is 1.41 bits per heavy atom. The molecule has 98 valence electrons. The van der Waals surface area contributed by atoms with Crippen molar-refractivity contribution in [2.24, 2.45) is 0 Å². The fraction of sp³-hybridized carbons (Fsp3) is 0.769. The molecule has 0 bridgehead atoms. The second kappa shape index (κ2) is 7.77. The number of carbonyl (C=O) groups excluding carboxylic acids is 1. The molecule has 0 saturated heterocycles. The largest absolute Gasteiger partial charge is 0.354 e. The van der Waals surface area contributed by atoms with Crippen LogP contribution in [0.15, 0.2) is 12.7 Å². The van der Waals surface area contributed by atoms with Gasteiger partial charge >= 0.3 is 0 Å². The quantitative estimate of drug-likeness (QED) is 0.540. The van der Waals surface area contributed by atoms with Crippen LogP contribution < -0.4 is 10.6 Å². The van der Waals surface area contributed by atoms with E-state index in [2.05, 4.69) is 23.5 Å². The van der Waals surface area contributed by atoms with Crippen molar-refractivity contribution in [3.05, 3.63) is 12.7 Å². The number of amides is 1. The third-order valence-electron chi connectivity index (χ3n) is 3.38. The molecule has 1 amide bonds. The van der Waals surface area contributed by atoms with Crippen molar-refractivity contribution in [3.63, 3.8) is 0 Å². The van der Waals surface area contributed by atoms with Gasteiger partial charge in [0.2, 0.25) is 5.91 Å². The van der Waals surface area contributed by atoms with Crippen molar-refractivity contribution in [3.8, 4) is 0 Å². The van der Waals surface area contributed by atoms with E-state index in [1.54, 1.807) is 6.08 Å². The van der Waals surface area contributed by atoms with Crippen molar-refractivity contribution in [2.75, 3.05) is 25.9 Å². The predicted molar refractivity (Wildman–Crippen MR) is 75.4 cm³/mol. The van der Waals surface area contributed by atoms with Crippen molar-refractivity contribution in [1.29, 1.82) is 0 Å². The zero-order chi connectivity index (χ0) is 12.6. The Bertz CT molecular complexity index is 250. The van der Waals surface area contributed by atoms with E-state index < -0.39 is 0 Å². The number of hydrogen-bond donors (Lipinski definition) is 2. The van der Waals surface area contributed by atoms with Gasteiger partial charge in [-0.2, -0.15) is 11.8 Å². The monoisotopic (exact) mass is 256 g/mol. The summed E-state index contributed by atoms with van der Waals surface area (Å²) in [6.07, 6.45) is 10.3. The first-order chi connectivity index (χ1) is 8.22. The van der Waals surface area contributed by atoms with Gasteiger partial charge in [-0.25, -0.2) is 0 Å². The molecule has 0 aromatic carbocycles. The molecule has 0 heterocycles. The summed E-state index contributed by atoms with van der Waals surface area (Å²) < 4.78 is 0.284. The molecule has 0 aromatic heterocycles. The maximum atomic E-state index is 11.6. The molecule has 1 saturated carbocycles. The van der Waals surface area contributed by atoms with Crippen LogP contribution in [-0.4, -0.2) is 36.5 Å². The molecule has 0 aromatic rings. The summed E-state index contributed by atoms with van der Waals surface area (Å²) in [5.41, 5.74) is 0. The van der Waals surface area contributed by atoms with E-state index in [0.717, 1.165) is 6.54 Å². The Labute approximate surface area is 109 Å². The number of rotatable bonds is 7. The minimum atomic E-state index is 0.0887. The Balaban J connectivity index is 2.26. The Morgan fingerprint density at radius 3 is 2.71 bits per heavy atom. The van der Waals surface area contributed by atoms with Crippen LogP contribution in [0.1, 0.15) is 32.1 Å². The highest BCUT2D eigenvalue weighted by Crippen LogP contribution is 2.37. The summed E-state index contributed by atoms with van der Waals surface area (Å²) in [5.74, 6) is 0.0887. The summed E-state index contributed by atoms with van der Waals surface area (Å²) in [6.45, 7) is 5.48. The van der Waals surface area contributed by atoms with E-state index in [-0.39, 0.29) is 10.7 Å². The van der Waals surface area contributed by atoms with E-state index >= 15 is 0 Å². The number of carbonyl (C=O) groups is 1. The summed E-state index contributed by atoms with van der Waals surface area (Å²) in [7, 11) is 0. The molecule has 3 nitrogen and oxygen atoms in total. The molecule has 1 fully saturated rings. The van der Waals surface area contributed by atoms with Gasteiger partial charge in [0.15, 0.2) is 0 Å². The lowest BCUT2D eigenvalue weighted by Crippen LogP contribution is -2.44. The minimum absolute atomic E-state index is 0.0887. The van der Waals surface area contributed by atoms with Crippen molar-refractivity contribution >= 4 is 17.7 Å². The lowest BCUT2D eigenvalue weighted by atomic mass is 9.88. The second-order valence-electron chi connectivity index (χ2n) is 4.64. The van der Waals surface area contributed by atoms with Gasteiger partial charge in [0.1, 0.15) is 0 Å². The Hall–Kier alpha value is -0.480. The molecule has 4 heteroatoms. The number of hydrogen-bond acceptors (Lipinski definition) is 3. The molecular weight excluding hydrogens is 232 g/mol. The van der Waals surface area contributed by atoms with Crippen LogP contribution in [0.25, 0.3) is 0 Å². The summed E-state index contributed by atoms with van der Waals surface area (Å²) in [5, 5.41) is 6.06. The molecule has 1 aliphatic carbocycles. The molecule has 0 spiro atoms. The second-order valence-corrected chi connectivity index (χ2v) is 5.92. The number of nitrogens with one attached hydrogen (secondary N) is 2.